The van der Waals surface area contributed by atoms with Gasteiger partial charge in [-0.1, -0.05) is 19.1 Å². The first-order valence-electron chi connectivity index (χ1n) is 7.76. The Balaban J connectivity index is 2.00. The van der Waals surface area contributed by atoms with Crippen LogP contribution in [-0.2, 0) is 16.1 Å². The van der Waals surface area contributed by atoms with Crippen LogP contribution < -0.4 is 5.73 Å². The van der Waals surface area contributed by atoms with Crippen LogP contribution in [0.25, 0.3) is 0 Å². The average Bonchev–Trinajstić information content (AvgIpc) is 2.44. The Morgan fingerprint density at radius 1 is 1.33 bits per heavy atom. The molecule has 4 nitrogen and oxygen atoms in total. The van der Waals surface area contributed by atoms with Gasteiger partial charge in [-0.05, 0) is 43.4 Å². The zero-order valence-electron chi connectivity index (χ0n) is 13.1. The van der Waals surface area contributed by atoms with E-state index in [0.717, 1.165) is 43.5 Å². The maximum atomic E-state index is 12.6. The maximum Gasteiger partial charge on any atom is 0.225 e. The van der Waals surface area contributed by atoms with Crippen LogP contribution in [0, 0.1) is 0 Å². The lowest BCUT2D eigenvalue weighted by Crippen LogP contribution is -2.45. The normalized spacial score (nSPS) is 16.3. The van der Waals surface area contributed by atoms with Crippen LogP contribution in [0.1, 0.15) is 44.6 Å². The zero-order valence-corrected chi connectivity index (χ0v) is 13.1. The van der Waals surface area contributed by atoms with Crippen molar-refractivity contribution >= 4 is 11.6 Å². The van der Waals surface area contributed by atoms with Gasteiger partial charge in [-0.25, -0.2) is 0 Å². The number of amides is 1. The Bertz CT molecular complexity index is 461. The van der Waals surface area contributed by atoms with Crippen molar-refractivity contribution in [1.29, 1.82) is 0 Å². The van der Waals surface area contributed by atoms with Crippen molar-refractivity contribution in [3.05, 3.63) is 29.8 Å². The van der Waals surface area contributed by atoms with Gasteiger partial charge in [0.25, 0.3) is 0 Å². The van der Waals surface area contributed by atoms with Gasteiger partial charge in [0, 0.05) is 25.9 Å². The molecule has 0 aliphatic heterocycles. The minimum absolute atomic E-state index is 0.190. The summed E-state index contributed by atoms with van der Waals surface area (Å²) >= 11 is 0. The van der Waals surface area contributed by atoms with E-state index in [1.165, 1.54) is 0 Å². The third-order valence-electron chi connectivity index (χ3n) is 4.37. The van der Waals surface area contributed by atoms with Crippen molar-refractivity contribution in [2.45, 2.75) is 51.2 Å². The topological polar surface area (TPSA) is 55.6 Å². The SMILES string of the molecule is CCCN(Cc1ccc(N)cc1)C(=O)CC1(OC)CCC1. The summed E-state index contributed by atoms with van der Waals surface area (Å²) in [6.07, 6.45) is 4.61. The minimum atomic E-state index is -0.204. The van der Waals surface area contributed by atoms with Gasteiger partial charge in [0.1, 0.15) is 0 Å². The van der Waals surface area contributed by atoms with E-state index in [-0.39, 0.29) is 11.5 Å². The third kappa shape index (κ3) is 3.97. The number of nitrogens with two attached hydrogens (primary N) is 1. The number of carbonyl (C=O) groups is 1. The van der Waals surface area contributed by atoms with E-state index in [1.807, 2.05) is 29.2 Å². The first-order chi connectivity index (χ1) is 10.1. The van der Waals surface area contributed by atoms with Crippen LogP contribution in [0.4, 0.5) is 5.69 Å². The molecule has 116 valence electrons. The molecule has 4 heteroatoms. The predicted molar refractivity (Wildman–Crippen MR) is 84.8 cm³/mol. The Morgan fingerprint density at radius 2 is 2.00 bits per heavy atom. The van der Waals surface area contributed by atoms with E-state index in [2.05, 4.69) is 6.92 Å². The number of ether oxygens (including phenoxy) is 1. The van der Waals surface area contributed by atoms with Crippen molar-refractivity contribution in [2.24, 2.45) is 0 Å². The van der Waals surface area contributed by atoms with Gasteiger partial charge in [-0.2, -0.15) is 0 Å². The fourth-order valence-corrected chi connectivity index (χ4v) is 2.82. The van der Waals surface area contributed by atoms with Crippen LogP contribution in [0.15, 0.2) is 24.3 Å². The number of rotatable bonds is 7. The van der Waals surface area contributed by atoms with E-state index in [1.54, 1.807) is 7.11 Å². The van der Waals surface area contributed by atoms with Crippen LogP contribution >= 0.6 is 0 Å². The van der Waals surface area contributed by atoms with Crippen molar-refractivity contribution in [3.63, 3.8) is 0 Å². The van der Waals surface area contributed by atoms with Crippen LogP contribution in [0.5, 0.6) is 0 Å². The zero-order chi connectivity index (χ0) is 15.3. The molecule has 1 aliphatic rings. The molecular weight excluding hydrogens is 264 g/mol. The van der Waals surface area contributed by atoms with E-state index in [9.17, 15) is 4.79 Å². The second-order valence-corrected chi connectivity index (χ2v) is 5.97. The first kappa shape index (κ1) is 15.8. The summed E-state index contributed by atoms with van der Waals surface area (Å²) in [5, 5.41) is 0. The highest BCUT2D eigenvalue weighted by Gasteiger charge is 2.39. The van der Waals surface area contributed by atoms with Crippen molar-refractivity contribution in [1.82, 2.24) is 4.90 Å². The van der Waals surface area contributed by atoms with Crippen LogP contribution in [0.2, 0.25) is 0 Å². The van der Waals surface area contributed by atoms with E-state index in [0.29, 0.717) is 13.0 Å². The molecule has 1 saturated carbocycles. The molecule has 2 N–H and O–H groups in total. The second-order valence-electron chi connectivity index (χ2n) is 5.97. The number of nitrogens with zero attached hydrogens (tertiary/aromatic N) is 1. The Labute approximate surface area is 127 Å². The molecule has 0 spiro atoms. The van der Waals surface area contributed by atoms with Gasteiger partial charge >= 0.3 is 0 Å². The fourth-order valence-electron chi connectivity index (χ4n) is 2.82. The molecule has 1 fully saturated rings. The fraction of sp³-hybridized carbons (Fsp3) is 0.588. The van der Waals surface area contributed by atoms with E-state index >= 15 is 0 Å². The Kier molecular flexibility index (Phi) is 5.23. The molecule has 0 unspecified atom stereocenters. The summed E-state index contributed by atoms with van der Waals surface area (Å²) in [4.78, 5) is 14.5. The van der Waals surface area contributed by atoms with Gasteiger partial charge < -0.3 is 15.4 Å². The molecule has 1 aliphatic carbocycles. The highest BCUT2D eigenvalue weighted by Crippen LogP contribution is 2.38. The summed E-state index contributed by atoms with van der Waals surface area (Å²) in [6, 6.07) is 7.74. The Hall–Kier alpha value is -1.55. The predicted octanol–water partition coefficient (Wildman–Crippen LogP) is 2.97. The van der Waals surface area contributed by atoms with Gasteiger partial charge in [0.2, 0.25) is 5.91 Å². The summed E-state index contributed by atoms with van der Waals surface area (Å²) in [5.74, 6) is 0.190. The lowest BCUT2D eigenvalue weighted by molar-refractivity contribution is -0.144. The number of carbonyl (C=O) groups excluding carboxylic acids is 1. The smallest absolute Gasteiger partial charge is 0.225 e. The lowest BCUT2D eigenvalue weighted by atomic mass is 9.77. The van der Waals surface area contributed by atoms with Gasteiger partial charge in [-0.3, -0.25) is 4.79 Å². The summed E-state index contributed by atoms with van der Waals surface area (Å²) in [5.41, 5.74) is 7.37. The molecule has 21 heavy (non-hydrogen) atoms. The molecule has 0 atom stereocenters. The van der Waals surface area contributed by atoms with Crippen LogP contribution in [-0.4, -0.2) is 30.1 Å². The molecule has 0 aromatic heterocycles. The summed E-state index contributed by atoms with van der Waals surface area (Å²) in [6.45, 7) is 3.52. The standard InChI is InChI=1S/C17H26N2O2/c1-3-11-19(13-14-5-7-15(18)8-6-14)16(20)12-17(21-2)9-4-10-17/h5-8H,3-4,9-13,18H2,1-2H3. The molecule has 1 amide bonds. The molecule has 0 heterocycles. The second kappa shape index (κ2) is 6.94. The molecule has 0 radical (unpaired) electrons. The van der Waals surface area contributed by atoms with Gasteiger partial charge in [0.05, 0.1) is 12.0 Å². The molecule has 0 bridgehead atoms. The van der Waals surface area contributed by atoms with E-state index in [4.69, 9.17) is 10.5 Å². The van der Waals surface area contributed by atoms with E-state index < -0.39 is 0 Å². The minimum Gasteiger partial charge on any atom is -0.399 e. The quantitative estimate of drug-likeness (QED) is 0.785. The van der Waals surface area contributed by atoms with Crippen molar-refractivity contribution < 1.29 is 9.53 Å². The number of benzene rings is 1. The highest BCUT2D eigenvalue weighted by atomic mass is 16.5. The number of nitrogen functional groups attached to an aromatic ring is 1. The average molecular weight is 290 g/mol. The number of anilines is 1. The summed E-state index contributed by atoms with van der Waals surface area (Å²) in [7, 11) is 1.72. The number of methoxy groups -OCH3 is 1. The molecular formula is C17H26N2O2. The number of hydrogen-bond acceptors (Lipinski definition) is 3. The van der Waals surface area contributed by atoms with Gasteiger partial charge in [0.15, 0.2) is 0 Å². The molecule has 1 aromatic rings. The maximum absolute atomic E-state index is 12.6. The van der Waals surface area contributed by atoms with Gasteiger partial charge in [-0.15, -0.1) is 0 Å². The first-order valence-corrected chi connectivity index (χ1v) is 7.76. The molecule has 0 saturated heterocycles. The van der Waals surface area contributed by atoms with Crippen molar-refractivity contribution in [3.8, 4) is 0 Å². The molecule has 1 aromatic carbocycles. The number of hydrogen-bond donors (Lipinski definition) is 1. The summed E-state index contributed by atoms with van der Waals surface area (Å²) < 4.78 is 5.57. The highest BCUT2D eigenvalue weighted by molar-refractivity contribution is 5.77. The van der Waals surface area contributed by atoms with Crippen LogP contribution in [0.3, 0.4) is 0 Å². The molecule has 2 rings (SSSR count). The third-order valence-corrected chi connectivity index (χ3v) is 4.37. The Morgan fingerprint density at radius 3 is 2.48 bits per heavy atom. The monoisotopic (exact) mass is 290 g/mol. The largest absolute Gasteiger partial charge is 0.399 e. The van der Waals surface area contributed by atoms with Crippen molar-refractivity contribution in [2.75, 3.05) is 19.4 Å². The lowest BCUT2D eigenvalue weighted by Gasteiger charge is -2.41.